The van der Waals surface area contributed by atoms with Gasteiger partial charge in [0.2, 0.25) is 10.0 Å². The maximum Gasteiger partial charge on any atom is 0.257 e. The molecule has 1 amide bonds. The van der Waals surface area contributed by atoms with Crippen LogP contribution in [0.15, 0.2) is 45.9 Å². The standard InChI is InChI=1S/C15H18N2O4S/c1-10(12-5-4-6-13(9-12)22(16,19)20)17(3)15(18)14-7-8-21-11(14)2/h4-10H,1-3H3,(H2,16,19,20)/t10-/m0/s1. The Morgan fingerprint density at radius 3 is 2.55 bits per heavy atom. The van der Waals surface area contributed by atoms with E-state index < -0.39 is 10.0 Å². The largest absolute Gasteiger partial charge is 0.469 e. The Morgan fingerprint density at radius 1 is 1.32 bits per heavy atom. The van der Waals surface area contributed by atoms with Gasteiger partial charge in [0, 0.05) is 7.05 Å². The van der Waals surface area contributed by atoms with Crippen molar-refractivity contribution in [1.82, 2.24) is 4.90 Å². The number of aryl methyl sites for hydroxylation is 1. The number of benzene rings is 1. The highest BCUT2D eigenvalue weighted by Crippen LogP contribution is 2.24. The van der Waals surface area contributed by atoms with Crippen molar-refractivity contribution >= 4 is 15.9 Å². The Balaban J connectivity index is 2.30. The molecule has 6 nitrogen and oxygen atoms in total. The molecule has 0 radical (unpaired) electrons. The van der Waals surface area contributed by atoms with E-state index in [1.807, 2.05) is 6.92 Å². The van der Waals surface area contributed by atoms with Crippen LogP contribution in [0.25, 0.3) is 0 Å². The average Bonchev–Trinajstić information content (AvgIpc) is 2.90. The molecule has 0 saturated heterocycles. The normalized spacial score (nSPS) is 12.9. The first-order valence-corrected chi connectivity index (χ1v) is 8.20. The van der Waals surface area contributed by atoms with Gasteiger partial charge in [-0.3, -0.25) is 4.79 Å². The van der Waals surface area contributed by atoms with Crippen LogP contribution >= 0.6 is 0 Å². The van der Waals surface area contributed by atoms with Gasteiger partial charge in [0.05, 0.1) is 22.8 Å². The van der Waals surface area contributed by atoms with Crippen LogP contribution in [0.4, 0.5) is 0 Å². The van der Waals surface area contributed by atoms with E-state index in [0.717, 1.165) is 0 Å². The van der Waals surface area contributed by atoms with Gasteiger partial charge in [0.15, 0.2) is 0 Å². The van der Waals surface area contributed by atoms with Crippen LogP contribution in [0.3, 0.4) is 0 Å². The summed E-state index contributed by atoms with van der Waals surface area (Å²) in [6, 6.07) is 7.56. The number of furan rings is 1. The fourth-order valence-electron chi connectivity index (χ4n) is 2.15. The predicted molar refractivity (Wildman–Crippen MR) is 81.8 cm³/mol. The Morgan fingerprint density at radius 2 is 2.00 bits per heavy atom. The molecule has 22 heavy (non-hydrogen) atoms. The minimum Gasteiger partial charge on any atom is -0.469 e. The van der Waals surface area contributed by atoms with Crippen LogP contribution in [0.5, 0.6) is 0 Å². The van der Waals surface area contributed by atoms with Crippen molar-refractivity contribution in [2.75, 3.05) is 7.05 Å². The highest BCUT2D eigenvalue weighted by atomic mass is 32.2. The Labute approximate surface area is 129 Å². The molecule has 2 aromatic rings. The lowest BCUT2D eigenvalue weighted by molar-refractivity contribution is 0.0740. The predicted octanol–water partition coefficient (Wildman–Crippen LogP) is 2.07. The first-order valence-electron chi connectivity index (χ1n) is 6.66. The van der Waals surface area contributed by atoms with Crippen LogP contribution < -0.4 is 5.14 Å². The van der Waals surface area contributed by atoms with Gasteiger partial charge < -0.3 is 9.32 Å². The Bertz CT molecular complexity index is 795. The summed E-state index contributed by atoms with van der Waals surface area (Å²) < 4.78 is 28.0. The van der Waals surface area contributed by atoms with Crippen molar-refractivity contribution in [3.63, 3.8) is 0 Å². The van der Waals surface area contributed by atoms with Crippen LogP contribution in [-0.4, -0.2) is 26.3 Å². The van der Waals surface area contributed by atoms with E-state index in [0.29, 0.717) is 16.9 Å². The maximum atomic E-state index is 12.4. The highest BCUT2D eigenvalue weighted by molar-refractivity contribution is 7.89. The Kier molecular flexibility index (Phi) is 4.39. The van der Waals surface area contributed by atoms with Crippen molar-refractivity contribution < 1.29 is 17.6 Å². The molecule has 1 heterocycles. The van der Waals surface area contributed by atoms with Crippen molar-refractivity contribution in [2.24, 2.45) is 5.14 Å². The molecular formula is C15H18N2O4S. The summed E-state index contributed by atoms with van der Waals surface area (Å²) in [4.78, 5) is 14.0. The molecule has 0 bridgehead atoms. The molecule has 0 aliphatic carbocycles. The lowest BCUT2D eigenvalue weighted by Gasteiger charge is -2.25. The van der Waals surface area contributed by atoms with Gasteiger partial charge in [-0.2, -0.15) is 0 Å². The second-order valence-electron chi connectivity index (χ2n) is 5.10. The third-order valence-electron chi connectivity index (χ3n) is 3.66. The van der Waals surface area contributed by atoms with E-state index in [9.17, 15) is 13.2 Å². The molecule has 1 aromatic heterocycles. The lowest BCUT2D eigenvalue weighted by Crippen LogP contribution is -2.30. The van der Waals surface area contributed by atoms with Crippen molar-refractivity contribution in [1.29, 1.82) is 0 Å². The minimum atomic E-state index is -3.77. The molecular weight excluding hydrogens is 304 g/mol. The summed E-state index contributed by atoms with van der Waals surface area (Å²) >= 11 is 0. The van der Waals surface area contributed by atoms with Gasteiger partial charge in [-0.25, -0.2) is 13.6 Å². The molecule has 2 rings (SSSR count). The molecule has 118 valence electrons. The van der Waals surface area contributed by atoms with Gasteiger partial charge >= 0.3 is 0 Å². The van der Waals surface area contributed by atoms with E-state index in [-0.39, 0.29) is 16.8 Å². The molecule has 2 N–H and O–H groups in total. The third kappa shape index (κ3) is 3.20. The molecule has 0 aliphatic heterocycles. The first kappa shape index (κ1) is 16.3. The van der Waals surface area contributed by atoms with Crippen molar-refractivity contribution in [3.05, 3.63) is 53.5 Å². The lowest BCUT2D eigenvalue weighted by atomic mass is 10.1. The fraction of sp³-hybridized carbons (Fsp3) is 0.267. The zero-order valence-electron chi connectivity index (χ0n) is 12.6. The van der Waals surface area contributed by atoms with E-state index in [4.69, 9.17) is 9.56 Å². The molecule has 0 fully saturated rings. The molecule has 0 unspecified atom stereocenters. The molecule has 0 saturated carbocycles. The Hall–Kier alpha value is -2.12. The summed E-state index contributed by atoms with van der Waals surface area (Å²) in [6.07, 6.45) is 1.46. The van der Waals surface area contributed by atoms with Gasteiger partial charge in [-0.15, -0.1) is 0 Å². The topological polar surface area (TPSA) is 93.6 Å². The average molecular weight is 322 g/mol. The van der Waals surface area contributed by atoms with Crippen molar-refractivity contribution in [2.45, 2.75) is 24.8 Å². The van der Waals surface area contributed by atoms with Crippen molar-refractivity contribution in [3.8, 4) is 0 Å². The number of hydrogen-bond acceptors (Lipinski definition) is 4. The van der Waals surface area contributed by atoms with Gasteiger partial charge in [-0.1, -0.05) is 12.1 Å². The number of nitrogens with zero attached hydrogens (tertiary/aromatic N) is 1. The van der Waals surface area contributed by atoms with Gasteiger partial charge in [0.25, 0.3) is 5.91 Å². The molecule has 7 heteroatoms. The summed E-state index contributed by atoms with van der Waals surface area (Å²) in [6.45, 7) is 3.53. The molecule has 0 aliphatic rings. The number of hydrogen-bond donors (Lipinski definition) is 1. The number of carbonyl (C=O) groups excluding carboxylic acids is 1. The second-order valence-corrected chi connectivity index (χ2v) is 6.66. The minimum absolute atomic E-state index is 0.0252. The first-order chi connectivity index (χ1) is 10.2. The number of carbonyl (C=O) groups is 1. The fourth-order valence-corrected chi connectivity index (χ4v) is 2.72. The monoisotopic (exact) mass is 322 g/mol. The van der Waals surface area contributed by atoms with E-state index >= 15 is 0 Å². The maximum absolute atomic E-state index is 12.4. The smallest absolute Gasteiger partial charge is 0.257 e. The quantitative estimate of drug-likeness (QED) is 0.932. The van der Waals surface area contributed by atoms with Crippen LogP contribution in [-0.2, 0) is 10.0 Å². The summed E-state index contributed by atoms with van der Waals surface area (Å²) in [5.41, 5.74) is 1.17. The number of rotatable bonds is 4. The van der Waals surface area contributed by atoms with Crippen LogP contribution in [0.1, 0.15) is 34.6 Å². The number of nitrogens with two attached hydrogens (primary N) is 1. The second kappa shape index (κ2) is 5.94. The zero-order valence-corrected chi connectivity index (χ0v) is 13.4. The summed E-state index contributed by atoms with van der Waals surface area (Å²) in [5, 5.41) is 5.14. The van der Waals surface area contributed by atoms with E-state index in [2.05, 4.69) is 0 Å². The van der Waals surface area contributed by atoms with E-state index in [1.54, 1.807) is 32.2 Å². The van der Waals surface area contributed by atoms with Crippen LogP contribution in [0.2, 0.25) is 0 Å². The highest BCUT2D eigenvalue weighted by Gasteiger charge is 2.22. The summed E-state index contributed by atoms with van der Waals surface area (Å²) in [7, 11) is -2.12. The van der Waals surface area contributed by atoms with Gasteiger partial charge in [-0.05, 0) is 37.6 Å². The SMILES string of the molecule is Cc1occc1C(=O)N(C)[C@@H](C)c1cccc(S(N)(=O)=O)c1. The summed E-state index contributed by atoms with van der Waals surface area (Å²) in [5.74, 6) is 0.349. The zero-order chi connectivity index (χ0) is 16.5. The number of sulfonamides is 1. The van der Waals surface area contributed by atoms with Crippen LogP contribution in [0, 0.1) is 6.92 Å². The molecule has 1 aromatic carbocycles. The molecule has 1 atom stereocenters. The van der Waals surface area contributed by atoms with Gasteiger partial charge in [0.1, 0.15) is 5.76 Å². The number of primary sulfonamides is 1. The number of amides is 1. The third-order valence-corrected chi connectivity index (χ3v) is 4.57. The van der Waals surface area contributed by atoms with E-state index in [1.165, 1.54) is 23.3 Å². The molecule has 0 spiro atoms.